The van der Waals surface area contributed by atoms with Crippen molar-refractivity contribution in [1.82, 2.24) is 5.16 Å². The summed E-state index contributed by atoms with van der Waals surface area (Å²) in [5.74, 6) is 0.634. The Hall–Kier alpha value is -3.81. The SMILES string of the molecule is COC(=O)c1ccc(NC(=O)c2cc(-c3ccc(OC)c(OC)c3)on2)cc1. The molecule has 8 nitrogen and oxygen atoms in total. The number of amides is 1. The summed E-state index contributed by atoms with van der Waals surface area (Å²) >= 11 is 0. The van der Waals surface area contributed by atoms with E-state index in [-0.39, 0.29) is 5.69 Å². The van der Waals surface area contributed by atoms with Gasteiger partial charge >= 0.3 is 5.97 Å². The maximum atomic E-state index is 12.4. The van der Waals surface area contributed by atoms with Gasteiger partial charge in [0.05, 0.1) is 26.9 Å². The second-order valence-electron chi connectivity index (χ2n) is 5.67. The third-order valence-corrected chi connectivity index (χ3v) is 3.97. The van der Waals surface area contributed by atoms with Gasteiger partial charge in [-0.1, -0.05) is 5.16 Å². The van der Waals surface area contributed by atoms with E-state index in [0.29, 0.717) is 34.1 Å². The summed E-state index contributed by atoms with van der Waals surface area (Å²) in [7, 11) is 4.39. The molecule has 2 aromatic carbocycles. The zero-order valence-corrected chi connectivity index (χ0v) is 15.5. The summed E-state index contributed by atoms with van der Waals surface area (Å²) < 4.78 is 20.4. The number of aromatic nitrogens is 1. The fourth-order valence-electron chi connectivity index (χ4n) is 2.51. The lowest BCUT2D eigenvalue weighted by Gasteiger charge is -2.07. The number of nitrogens with zero attached hydrogens (tertiary/aromatic N) is 1. The third-order valence-electron chi connectivity index (χ3n) is 3.97. The summed E-state index contributed by atoms with van der Waals surface area (Å²) in [6.45, 7) is 0. The Labute approximate surface area is 161 Å². The van der Waals surface area contributed by atoms with Crippen molar-refractivity contribution >= 4 is 17.6 Å². The highest BCUT2D eigenvalue weighted by molar-refractivity contribution is 6.03. The van der Waals surface area contributed by atoms with Gasteiger partial charge in [-0.15, -0.1) is 0 Å². The molecule has 0 fully saturated rings. The largest absolute Gasteiger partial charge is 0.493 e. The Morgan fingerprint density at radius 2 is 1.64 bits per heavy atom. The van der Waals surface area contributed by atoms with Gasteiger partial charge in [-0.25, -0.2) is 4.79 Å². The number of methoxy groups -OCH3 is 3. The van der Waals surface area contributed by atoms with Crippen LogP contribution in [0.4, 0.5) is 5.69 Å². The average Bonchev–Trinajstić information content (AvgIpc) is 3.23. The quantitative estimate of drug-likeness (QED) is 0.652. The van der Waals surface area contributed by atoms with Crippen LogP contribution in [0, 0.1) is 0 Å². The van der Waals surface area contributed by atoms with Crippen LogP contribution in [0.3, 0.4) is 0 Å². The van der Waals surface area contributed by atoms with Crippen molar-refractivity contribution in [3.63, 3.8) is 0 Å². The lowest BCUT2D eigenvalue weighted by Crippen LogP contribution is -2.12. The molecule has 0 radical (unpaired) electrons. The molecule has 0 aliphatic carbocycles. The second kappa shape index (κ2) is 8.26. The van der Waals surface area contributed by atoms with Crippen LogP contribution in [0.1, 0.15) is 20.8 Å². The molecule has 1 aromatic heterocycles. The fraction of sp³-hybridized carbons (Fsp3) is 0.150. The first-order valence-electron chi connectivity index (χ1n) is 8.24. The monoisotopic (exact) mass is 382 g/mol. The van der Waals surface area contributed by atoms with Crippen molar-refractivity contribution < 1.29 is 28.3 Å². The predicted octanol–water partition coefficient (Wildman–Crippen LogP) is 3.40. The number of rotatable bonds is 6. The highest BCUT2D eigenvalue weighted by atomic mass is 16.5. The van der Waals surface area contributed by atoms with Crippen molar-refractivity contribution in [3.8, 4) is 22.8 Å². The van der Waals surface area contributed by atoms with Crippen LogP contribution in [0.15, 0.2) is 53.1 Å². The van der Waals surface area contributed by atoms with Gasteiger partial charge in [-0.05, 0) is 42.5 Å². The number of benzene rings is 2. The molecule has 8 heteroatoms. The molecule has 3 rings (SSSR count). The first kappa shape index (κ1) is 19.0. The van der Waals surface area contributed by atoms with E-state index < -0.39 is 11.9 Å². The van der Waals surface area contributed by atoms with Gasteiger partial charge in [0.25, 0.3) is 5.91 Å². The number of carbonyl (C=O) groups excluding carboxylic acids is 2. The zero-order valence-electron chi connectivity index (χ0n) is 15.5. The minimum atomic E-state index is -0.450. The number of hydrogen-bond acceptors (Lipinski definition) is 7. The molecule has 144 valence electrons. The normalized spacial score (nSPS) is 10.2. The van der Waals surface area contributed by atoms with E-state index in [1.807, 2.05) is 0 Å². The highest BCUT2D eigenvalue weighted by Crippen LogP contribution is 2.32. The fourth-order valence-corrected chi connectivity index (χ4v) is 2.51. The molecular weight excluding hydrogens is 364 g/mol. The Morgan fingerprint density at radius 3 is 2.29 bits per heavy atom. The van der Waals surface area contributed by atoms with Crippen molar-refractivity contribution in [2.45, 2.75) is 0 Å². The number of ether oxygens (including phenoxy) is 3. The number of hydrogen-bond donors (Lipinski definition) is 1. The van der Waals surface area contributed by atoms with Gasteiger partial charge in [0.1, 0.15) is 0 Å². The van der Waals surface area contributed by atoms with Gasteiger partial charge in [-0.2, -0.15) is 0 Å². The lowest BCUT2D eigenvalue weighted by atomic mass is 10.1. The van der Waals surface area contributed by atoms with E-state index in [2.05, 4.69) is 15.2 Å². The average molecular weight is 382 g/mol. The number of nitrogens with one attached hydrogen (secondary N) is 1. The Kier molecular flexibility index (Phi) is 5.59. The predicted molar refractivity (Wildman–Crippen MR) is 101 cm³/mol. The Balaban J connectivity index is 1.74. The molecule has 0 spiro atoms. The first-order valence-corrected chi connectivity index (χ1v) is 8.24. The molecule has 0 unspecified atom stereocenters. The molecule has 1 amide bonds. The molecule has 0 saturated heterocycles. The third kappa shape index (κ3) is 3.96. The molecule has 0 aliphatic heterocycles. The molecule has 1 heterocycles. The van der Waals surface area contributed by atoms with Crippen molar-refractivity contribution in [3.05, 3.63) is 59.8 Å². The Morgan fingerprint density at radius 1 is 0.929 bits per heavy atom. The standard InChI is InChI=1S/C20H18N2O6/c1-25-16-9-6-13(10-18(16)26-2)17-11-15(22-28-17)19(23)21-14-7-4-12(5-8-14)20(24)27-3/h4-11H,1-3H3,(H,21,23). The summed E-state index contributed by atoms with van der Waals surface area (Å²) in [5.41, 5.74) is 1.69. The molecule has 0 aliphatic rings. The molecular formula is C20H18N2O6. The summed E-state index contributed by atoms with van der Waals surface area (Å²) in [6.07, 6.45) is 0. The summed E-state index contributed by atoms with van der Waals surface area (Å²) in [6, 6.07) is 13.1. The Bertz CT molecular complexity index is 994. The van der Waals surface area contributed by atoms with Crippen LogP contribution < -0.4 is 14.8 Å². The zero-order chi connectivity index (χ0) is 20.1. The van der Waals surface area contributed by atoms with E-state index in [4.69, 9.17) is 14.0 Å². The van der Waals surface area contributed by atoms with Crippen LogP contribution in [-0.2, 0) is 4.74 Å². The minimum absolute atomic E-state index is 0.113. The first-order chi connectivity index (χ1) is 13.5. The van der Waals surface area contributed by atoms with E-state index in [1.165, 1.54) is 20.3 Å². The number of esters is 1. The lowest BCUT2D eigenvalue weighted by molar-refractivity contribution is 0.0600. The van der Waals surface area contributed by atoms with Gasteiger partial charge in [0.2, 0.25) is 0 Å². The summed E-state index contributed by atoms with van der Waals surface area (Å²) in [4.78, 5) is 23.8. The van der Waals surface area contributed by atoms with Crippen molar-refractivity contribution in [1.29, 1.82) is 0 Å². The van der Waals surface area contributed by atoms with E-state index in [1.54, 1.807) is 49.6 Å². The molecule has 1 N–H and O–H groups in total. The maximum Gasteiger partial charge on any atom is 0.337 e. The van der Waals surface area contributed by atoms with E-state index in [0.717, 1.165) is 0 Å². The maximum absolute atomic E-state index is 12.4. The molecule has 0 saturated carbocycles. The van der Waals surface area contributed by atoms with Gasteiger partial charge in [0, 0.05) is 17.3 Å². The van der Waals surface area contributed by atoms with Crippen LogP contribution in [0.2, 0.25) is 0 Å². The molecule has 3 aromatic rings. The highest BCUT2D eigenvalue weighted by Gasteiger charge is 2.16. The van der Waals surface area contributed by atoms with E-state index >= 15 is 0 Å². The van der Waals surface area contributed by atoms with Gasteiger partial charge in [0.15, 0.2) is 23.0 Å². The smallest absolute Gasteiger partial charge is 0.337 e. The van der Waals surface area contributed by atoms with Crippen LogP contribution in [-0.4, -0.2) is 38.4 Å². The van der Waals surface area contributed by atoms with E-state index in [9.17, 15) is 9.59 Å². The van der Waals surface area contributed by atoms with Gasteiger partial charge < -0.3 is 24.1 Å². The number of carbonyl (C=O) groups is 2. The van der Waals surface area contributed by atoms with Gasteiger partial charge in [-0.3, -0.25) is 4.79 Å². The molecule has 0 atom stereocenters. The summed E-state index contributed by atoms with van der Waals surface area (Å²) in [5, 5.41) is 6.50. The number of anilines is 1. The van der Waals surface area contributed by atoms with Crippen LogP contribution in [0.5, 0.6) is 11.5 Å². The van der Waals surface area contributed by atoms with Crippen molar-refractivity contribution in [2.24, 2.45) is 0 Å². The molecule has 0 bridgehead atoms. The van der Waals surface area contributed by atoms with Crippen molar-refractivity contribution in [2.75, 3.05) is 26.6 Å². The molecule has 28 heavy (non-hydrogen) atoms. The minimum Gasteiger partial charge on any atom is -0.493 e. The second-order valence-corrected chi connectivity index (χ2v) is 5.67. The van der Waals surface area contributed by atoms with Crippen LogP contribution in [0.25, 0.3) is 11.3 Å². The van der Waals surface area contributed by atoms with Crippen LogP contribution >= 0.6 is 0 Å². The topological polar surface area (TPSA) is 99.9 Å².